The van der Waals surface area contributed by atoms with Gasteiger partial charge in [0.05, 0.1) is 24.6 Å². The predicted octanol–water partition coefficient (Wildman–Crippen LogP) is 2.21. The number of nitrogens with zero attached hydrogens (tertiary/aromatic N) is 1. The van der Waals surface area contributed by atoms with Crippen molar-refractivity contribution in [2.45, 2.75) is 51.9 Å². The molecule has 0 spiro atoms. The molecule has 1 aliphatic rings. The Morgan fingerprint density at radius 2 is 2.00 bits per heavy atom. The van der Waals surface area contributed by atoms with Crippen molar-refractivity contribution < 1.29 is 19.1 Å². The fraction of sp³-hybridized carbons (Fsp3) is 0.846. The number of rotatable bonds is 4. The summed E-state index contributed by atoms with van der Waals surface area (Å²) in [6.45, 7) is 8.18. The number of halogens is 1. The van der Waals surface area contributed by atoms with Gasteiger partial charge in [-0.25, -0.2) is 4.79 Å². The van der Waals surface area contributed by atoms with Crippen LogP contribution < -0.4 is 0 Å². The first-order valence-electron chi connectivity index (χ1n) is 6.48. The highest BCUT2D eigenvalue weighted by Crippen LogP contribution is 2.24. The van der Waals surface area contributed by atoms with Gasteiger partial charge in [0, 0.05) is 13.0 Å². The van der Waals surface area contributed by atoms with Gasteiger partial charge in [-0.15, -0.1) is 11.6 Å². The minimum absolute atomic E-state index is 0.108. The number of ether oxygens (including phenoxy) is 2. The van der Waals surface area contributed by atoms with Crippen molar-refractivity contribution in [3.05, 3.63) is 0 Å². The number of likely N-dealkylation sites (tertiary alicyclic amines) is 1. The third-order valence-corrected chi connectivity index (χ3v) is 3.06. The Hall–Kier alpha value is -0.810. The molecule has 1 saturated heterocycles. The highest BCUT2D eigenvalue weighted by atomic mass is 35.5. The van der Waals surface area contributed by atoms with E-state index in [1.54, 1.807) is 20.8 Å². The van der Waals surface area contributed by atoms with E-state index in [4.69, 9.17) is 21.1 Å². The SMILES string of the molecule is CCO[C@H]1CC(C(=O)CCl)N(C(=O)OC(C)(C)C)C1. The molecule has 0 radical (unpaired) electrons. The van der Waals surface area contributed by atoms with Gasteiger partial charge in [0.15, 0.2) is 5.78 Å². The second kappa shape index (κ2) is 6.57. The molecule has 1 unspecified atom stereocenters. The monoisotopic (exact) mass is 291 g/mol. The lowest BCUT2D eigenvalue weighted by atomic mass is 10.1. The number of carbonyl (C=O) groups is 2. The third kappa shape index (κ3) is 4.66. The van der Waals surface area contributed by atoms with Gasteiger partial charge in [0.25, 0.3) is 0 Å². The zero-order chi connectivity index (χ0) is 14.6. The summed E-state index contributed by atoms with van der Waals surface area (Å²) in [5, 5.41) is 0. The predicted molar refractivity (Wildman–Crippen MR) is 72.5 cm³/mol. The van der Waals surface area contributed by atoms with E-state index in [0.29, 0.717) is 19.6 Å². The van der Waals surface area contributed by atoms with Crippen LogP contribution in [0.2, 0.25) is 0 Å². The molecule has 6 heteroatoms. The number of carbonyl (C=O) groups excluding carboxylic acids is 2. The molecule has 1 aliphatic heterocycles. The molecular weight excluding hydrogens is 270 g/mol. The first-order valence-corrected chi connectivity index (χ1v) is 7.01. The van der Waals surface area contributed by atoms with Crippen molar-refractivity contribution in [3.63, 3.8) is 0 Å². The van der Waals surface area contributed by atoms with Crippen LogP contribution in [0.15, 0.2) is 0 Å². The Labute approximate surface area is 119 Å². The lowest BCUT2D eigenvalue weighted by Gasteiger charge is -2.27. The Bertz CT molecular complexity index is 340. The number of ketones is 1. The molecule has 1 fully saturated rings. The second-order valence-electron chi connectivity index (χ2n) is 5.56. The van der Waals surface area contributed by atoms with Gasteiger partial charge in [-0.2, -0.15) is 0 Å². The van der Waals surface area contributed by atoms with Crippen molar-refractivity contribution in [3.8, 4) is 0 Å². The van der Waals surface area contributed by atoms with Gasteiger partial charge >= 0.3 is 6.09 Å². The summed E-state index contributed by atoms with van der Waals surface area (Å²) in [6, 6.07) is -0.538. The summed E-state index contributed by atoms with van der Waals surface area (Å²) in [5.41, 5.74) is -0.588. The topological polar surface area (TPSA) is 55.8 Å². The van der Waals surface area contributed by atoms with Crippen molar-refractivity contribution in [1.29, 1.82) is 0 Å². The maximum absolute atomic E-state index is 12.1. The largest absolute Gasteiger partial charge is 0.444 e. The summed E-state index contributed by atoms with van der Waals surface area (Å²) < 4.78 is 10.8. The van der Waals surface area contributed by atoms with Crippen LogP contribution >= 0.6 is 11.6 Å². The van der Waals surface area contributed by atoms with E-state index in [2.05, 4.69) is 0 Å². The normalized spacial score (nSPS) is 23.5. The van der Waals surface area contributed by atoms with Gasteiger partial charge in [0.1, 0.15) is 5.60 Å². The maximum atomic E-state index is 12.1. The number of Topliss-reactive ketones (excluding diaryl/α,β-unsaturated/α-hetero) is 1. The summed E-state index contributed by atoms with van der Waals surface area (Å²) in [6.07, 6.45) is -0.133. The fourth-order valence-electron chi connectivity index (χ4n) is 2.07. The van der Waals surface area contributed by atoms with Gasteiger partial charge in [0.2, 0.25) is 0 Å². The van der Waals surface area contributed by atoms with E-state index in [9.17, 15) is 9.59 Å². The van der Waals surface area contributed by atoms with Crippen LogP contribution in [0, 0.1) is 0 Å². The smallest absolute Gasteiger partial charge is 0.410 e. The average molecular weight is 292 g/mol. The molecule has 5 nitrogen and oxygen atoms in total. The first kappa shape index (κ1) is 16.2. The maximum Gasteiger partial charge on any atom is 0.410 e. The van der Waals surface area contributed by atoms with Crippen LogP contribution in [0.5, 0.6) is 0 Å². The molecule has 1 amide bonds. The van der Waals surface area contributed by atoms with Crippen LogP contribution in [-0.4, -0.2) is 53.6 Å². The summed E-state index contributed by atoms with van der Waals surface area (Å²) in [7, 11) is 0. The quantitative estimate of drug-likeness (QED) is 0.745. The van der Waals surface area contributed by atoms with Crippen molar-refractivity contribution >= 4 is 23.5 Å². The number of amides is 1. The molecular formula is C13H22ClNO4. The average Bonchev–Trinajstić information content (AvgIpc) is 2.70. The van der Waals surface area contributed by atoms with Gasteiger partial charge in [-0.05, 0) is 27.7 Å². The minimum atomic E-state index is -0.588. The molecule has 1 heterocycles. The lowest BCUT2D eigenvalue weighted by molar-refractivity contribution is -0.121. The van der Waals surface area contributed by atoms with Crippen LogP contribution in [0.4, 0.5) is 4.79 Å². The molecule has 19 heavy (non-hydrogen) atoms. The molecule has 1 rings (SSSR count). The Morgan fingerprint density at radius 1 is 1.37 bits per heavy atom. The van der Waals surface area contributed by atoms with E-state index in [0.717, 1.165) is 0 Å². The van der Waals surface area contributed by atoms with Crippen LogP contribution in [0.25, 0.3) is 0 Å². The first-order chi connectivity index (χ1) is 8.78. The Balaban J connectivity index is 2.76. The minimum Gasteiger partial charge on any atom is -0.444 e. The number of hydrogen-bond acceptors (Lipinski definition) is 4. The van der Waals surface area contributed by atoms with Crippen LogP contribution in [-0.2, 0) is 14.3 Å². The molecule has 0 aliphatic carbocycles. The Kier molecular flexibility index (Phi) is 5.62. The second-order valence-corrected chi connectivity index (χ2v) is 5.83. The third-order valence-electron chi connectivity index (χ3n) is 2.80. The Morgan fingerprint density at radius 3 is 2.47 bits per heavy atom. The summed E-state index contributed by atoms with van der Waals surface area (Å²) in [5.74, 6) is -0.280. The van der Waals surface area contributed by atoms with Gasteiger partial charge < -0.3 is 9.47 Å². The molecule has 0 aromatic carbocycles. The van der Waals surface area contributed by atoms with Crippen LogP contribution in [0.3, 0.4) is 0 Å². The van der Waals surface area contributed by atoms with Crippen molar-refractivity contribution in [2.24, 2.45) is 0 Å². The van der Waals surface area contributed by atoms with Crippen molar-refractivity contribution in [1.82, 2.24) is 4.90 Å². The molecule has 110 valence electrons. The van der Waals surface area contributed by atoms with Crippen molar-refractivity contribution in [2.75, 3.05) is 19.0 Å². The zero-order valence-corrected chi connectivity index (χ0v) is 12.7. The lowest BCUT2D eigenvalue weighted by Crippen LogP contribution is -2.44. The highest BCUT2D eigenvalue weighted by molar-refractivity contribution is 6.28. The van der Waals surface area contributed by atoms with E-state index in [1.165, 1.54) is 4.90 Å². The fourth-order valence-corrected chi connectivity index (χ4v) is 2.25. The molecule has 0 aromatic heterocycles. The highest BCUT2D eigenvalue weighted by Gasteiger charge is 2.41. The molecule has 0 bridgehead atoms. The molecule has 0 saturated carbocycles. The summed E-state index contributed by atoms with van der Waals surface area (Å²) in [4.78, 5) is 25.3. The van der Waals surface area contributed by atoms with E-state index in [-0.39, 0.29) is 17.8 Å². The number of hydrogen-bond donors (Lipinski definition) is 0. The van der Waals surface area contributed by atoms with Crippen LogP contribution in [0.1, 0.15) is 34.1 Å². The standard InChI is InChI=1S/C13H22ClNO4/c1-5-18-9-6-10(11(16)7-14)15(8-9)12(17)19-13(2,3)4/h9-10H,5-8H2,1-4H3/t9-,10?/m0/s1. The molecule has 2 atom stereocenters. The van der Waals surface area contributed by atoms with Gasteiger partial charge in [-0.3, -0.25) is 9.69 Å². The van der Waals surface area contributed by atoms with E-state index < -0.39 is 17.7 Å². The van der Waals surface area contributed by atoms with E-state index in [1.807, 2.05) is 6.92 Å². The number of alkyl halides is 1. The van der Waals surface area contributed by atoms with Gasteiger partial charge in [-0.1, -0.05) is 0 Å². The molecule has 0 N–H and O–H groups in total. The van der Waals surface area contributed by atoms with E-state index >= 15 is 0 Å². The summed E-state index contributed by atoms with van der Waals surface area (Å²) >= 11 is 5.59. The zero-order valence-electron chi connectivity index (χ0n) is 11.9. The molecule has 0 aromatic rings.